The molecule has 2 aromatic rings. The van der Waals surface area contributed by atoms with E-state index in [0.717, 1.165) is 5.69 Å². The second-order valence-electron chi connectivity index (χ2n) is 3.96. The fourth-order valence-corrected chi connectivity index (χ4v) is 4.05. The van der Waals surface area contributed by atoms with Crippen LogP contribution in [-0.4, -0.2) is 29.8 Å². The lowest BCUT2D eigenvalue weighted by atomic mass is 10.3. The molecule has 0 radical (unpaired) electrons. The van der Waals surface area contributed by atoms with Crippen molar-refractivity contribution in [1.29, 1.82) is 0 Å². The van der Waals surface area contributed by atoms with Gasteiger partial charge in [-0.1, -0.05) is 0 Å². The van der Waals surface area contributed by atoms with Crippen molar-refractivity contribution in [2.45, 2.75) is 17.9 Å². The topological polar surface area (TPSA) is 84.2 Å². The number of aryl methyl sites for hydroxylation is 1. The predicted octanol–water partition coefficient (Wildman–Crippen LogP) is 0.495. The highest BCUT2D eigenvalue weighted by Gasteiger charge is 2.18. The van der Waals surface area contributed by atoms with E-state index in [1.54, 1.807) is 16.3 Å². The molecule has 0 amide bonds. The molecule has 8 heteroatoms. The van der Waals surface area contributed by atoms with E-state index in [-0.39, 0.29) is 11.5 Å². The van der Waals surface area contributed by atoms with E-state index < -0.39 is 10.0 Å². The Labute approximate surface area is 115 Å². The molecule has 19 heavy (non-hydrogen) atoms. The molecule has 2 heterocycles. The lowest BCUT2D eigenvalue weighted by molar-refractivity contribution is 0.282. The number of aromatic nitrogens is 2. The zero-order valence-electron chi connectivity index (χ0n) is 10.4. The zero-order valence-corrected chi connectivity index (χ0v) is 12.0. The van der Waals surface area contributed by atoms with Gasteiger partial charge in [0.05, 0.1) is 11.5 Å². The molecule has 0 unspecified atom stereocenters. The first-order valence-corrected chi connectivity index (χ1v) is 8.04. The van der Waals surface area contributed by atoms with Gasteiger partial charge < -0.3 is 5.11 Å². The van der Waals surface area contributed by atoms with Gasteiger partial charge in [-0.2, -0.15) is 5.10 Å². The fourth-order valence-electron chi connectivity index (χ4n) is 1.72. The summed E-state index contributed by atoms with van der Waals surface area (Å²) in [5.41, 5.74) is 0.954. The van der Waals surface area contributed by atoms with Gasteiger partial charge in [-0.3, -0.25) is 4.68 Å². The number of sulfonamides is 1. The van der Waals surface area contributed by atoms with Gasteiger partial charge in [0.25, 0.3) is 0 Å². The molecular formula is C11H15N3O3S2. The van der Waals surface area contributed by atoms with E-state index in [4.69, 9.17) is 5.11 Å². The Bertz CT molecular complexity index is 646. The molecule has 104 valence electrons. The maximum absolute atomic E-state index is 12.0. The number of thiophene rings is 1. The van der Waals surface area contributed by atoms with Gasteiger partial charge >= 0.3 is 0 Å². The van der Waals surface area contributed by atoms with Crippen LogP contribution in [0.4, 0.5) is 0 Å². The molecule has 0 aromatic carbocycles. The van der Waals surface area contributed by atoms with Crippen LogP contribution in [0.5, 0.6) is 0 Å². The molecule has 0 aliphatic carbocycles. The summed E-state index contributed by atoms with van der Waals surface area (Å²) >= 11 is 1.23. The fraction of sp³-hybridized carbons (Fsp3) is 0.364. The monoisotopic (exact) mass is 301 g/mol. The van der Waals surface area contributed by atoms with Crippen molar-refractivity contribution in [3.63, 3.8) is 0 Å². The molecule has 0 fully saturated rings. The molecule has 0 saturated heterocycles. The molecule has 2 N–H and O–H groups in total. The van der Waals surface area contributed by atoms with E-state index in [0.29, 0.717) is 17.8 Å². The van der Waals surface area contributed by atoms with Crippen LogP contribution in [0.1, 0.15) is 10.6 Å². The lowest BCUT2D eigenvalue weighted by Gasteiger charge is -2.07. The number of aliphatic hydroxyl groups is 1. The van der Waals surface area contributed by atoms with Gasteiger partial charge in [-0.05, 0) is 17.5 Å². The van der Waals surface area contributed by atoms with Crippen LogP contribution < -0.4 is 4.72 Å². The first-order valence-electron chi connectivity index (χ1n) is 5.68. The highest BCUT2D eigenvalue weighted by molar-refractivity contribution is 7.89. The highest BCUT2D eigenvalue weighted by Crippen LogP contribution is 2.21. The van der Waals surface area contributed by atoms with Crippen molar-refractivity contribution >= 4 is 21.4 Å². The average molecular weight is 301 g/mol. The molecule has 6 nitrogen and oxygen atoms in total. The van der Waals surface area contributed by atoms with Crippen LogP contribution >= 0.6 is 11.3 Å². The Morgan fingerprint density at radius 1 is 1.47 bits per heavy atom. The van der Waals surface area contributed by atoms with Crippen LogP contribution in [0, 0.1) is 0 Å². The van der Waals surface area contributed by atoms with Gasteiger partial charge in [0.2, 0.25) is 10.0 Å². The normalized spacial score (nSPS) is 11.9. The van der Waals surface area contributed by atoms with Crippen molar-refractivity contribution in [3.05, 3.63) is 34.3 Å². The summed E-state index contributed by atoms with van der Waals surface area (Å²) in [6, 6.07) is 3.35. The minimum Gasteiger partial charge on any atom is -0.391 e. The van der Waals surface area contributed by atoms with Gasteiger partial charge in [0.1, 0.15) is 0 Å². The first kappa shape index (κ1) is 14.2. The van der Waals surface area contributed by atoms with Gasteiger partial charge in [0.15, 0.2) is 0 Å². The second-order valence-corrected chi connectivity index (χ2v) is 6.70. The van der Waals surface area contributed by atoms with Crippen LogP contribution in [-0.2, 0) is 30.1 Å². The third-order valence-electron chi connectivity index (χ3n) is 2.73. The largest absolute Gasteiger partial charge is 0.391 e. The summed E-state index contributed by atoms with van der Waals surface area (Å²) in [6.45, 7) is 0.0260. The minimum absolute atomic E-state index is 0.157. The van der Waals surface area contributed by atoms with Gasteiger partial charge in [0, 0.05) is 36.8 Å². The number of nitrogens with zero attached hydrogens (tertiary/aromatic N) is 2. The maximum atomic E-state index is 12.0. The second kappa shape index (κ2) is 5.83. The Balaban J connectivity index is 2.01. The summed E-state index contributed by atoms with van der Waals surface area (Å²) in [6.07, 6.45) is 2.24. The molecule has 0 spiro atoms. The summed E-state index contributed by atoms with van der Waals surface area (Å²) < 4.78 is 28.3. The van der Waals surface area contributed by atoms with E-state index in [1.807, 2.05) is 13.1 Å². The zero-order chi connectivity index (χ0) is 13.9. The third kappa shape index (κ3) is 3.21. The molecule has 0 atom stereocenters. The lowest BCUT2D eigenvalue weighted by Crippen LogP contribution is -2.26. The molecule has 0 bridgehead atoms. The first-order chi connectivity index (χ1) is 9.04. The molecule has 2 rings (SSSR count). The van der Waals surface area contributed by atoms with E-state index in [1.165, 1.54) is 17.4 Å². The number of hydrogen-bond donors (Lipinski definition) is 2. The van der Waals surface area contributed by atoms with Crippen LogP contribution in [0.15, 0.2) is 28.6 Å². The maximum Gasteiger partial charge on any atom is 0.241 e. The number of rotatable bonds is 6. The summed E-state index contributed by atoms with van der Waals surface area (Å²) in [4.78, 5) is 0.609. The Morgan fingerprint density at radius 2 is 2.26 bits per heavy atom. The predicted molar refractivity (Wildman–Crippen MR) is 72.3 cm³/mol. The van der Waals surface area contributed by atoms with Crippen molar-refractivity contribution in [2.75, 3.05) is 6.54 Å². The van der Waals surface area contributed by atoms with Crippen molar-refractivity contribution in [1.82, 2.24) is 14.5 Å². The van der Waals surface area contributed by atoms with Gasteiger partial charge in [-0.15, -0.1) is 11.3 Å². The molecular weight excluding hydrogens is 286 g/mol. The quantitative estimate of drug-likeness (QED) is 0.813. The van der Waals surface area contributed by atoms with E-state index in [2.05, 4.69) is 9.82 Å². The minimum atomic E-state index is -3.56. The molecule has 0 saturated carbocycles. The van der Waals surface area contributed by atoms with Crippen molar-refractivity contribution < 1.29 is 13.5 Å². The number of aliphatic hydroxyl groups excluding tert-OH is 1. The molecule has 0 aliphatic heterocycles. The Kier molecular flexibility index (Phi) is 4.35. The van der Waals surface area contributed by atoms with E-state index >= 15 is 0 Å². The summed E-state index contributed by atoms with van der Waals surface area (Å²) in [5, 5.41) is 14.8. The van der Waals surface area contributed by atoms with E-state index in [9.17, 15) is 8.42 Å². The number of nitrogens with one attached hydrogen (secondary N) is 1. The van der Waals surface area contributed by atoms with Crippen LogP contribution in [0.25, 0.3) is 0 Å². The molecule has 2 aromatic heterocycles. The third-order valence-corrected chi connectivity index (χ3v) is 5.31. The average Bonchev–Trinajstić information content (AvgIpc) is 2.98. The Morgan fingerprint density at radius 3 is 2.89 bits per heavy atom. The van der Waals surface area contributed by atoms with Crippen molar-refractivity contribution in [2.24, 2.45) is 7.05 Å². The standard InChI is InChI=1S/C11H15N3O3S2/c1-14-9(2-5-12-14)3-6-13-19(16,17)11-4-7-18-10(11)8-15/h2,4-5,7,13,15H,3,6,8H2,1H3. The Hall–Kier alpha value is -1.22. The summed E-state index contributed by atoms with van der Waals surface area (Å²) in [5.74, 6) is 0. The van der Waals surface area contributed by atoms with Gasteiger partial charge in [-0.25, -0.2) is 13.1 Å². The van der Waals surface area contributed by atoms with Crippen LogP contribution in [0.3, 0.4) is 0 Å². The summed E-state index contributed by atoms with van der Waals surface area (Å²) in [7, 11) is -1.74. The SMILES string of the molecule is Cn1nccc1CCNS(=O)(=O)c1ccsc1CO. The van der Waals surface area contributed by atoms with Crippen molar-refractivity contribution in [3.8, 4) is 0 Å². The smallest absolute Gasteiger partial charge is 0.241 e. The highest BCUT2D eigenvalue weighted by atomic mass is 32.2. The molecule has 0 aliphatic rings. The number of hydrogen-bond acceptors (Lipinski definition) is 5. The van der Waals surface area contributed by atoms with Crippen LogP contribution in [0.2, 0.25) is 0 Å².